The quantitative estimate of drug-likeness (QED) is 0.465. The number of hydrogen-bond donors (Lipinski definition) is 1. The summed E-state index contributed by atoms with van der Waals surface area (Å²) in [7, 11) is 0. The smallest absolute Gasteiger partial charge is 0.328 e. The van der Waals surface area contributed by atoms with Crippen LogP contribution in [-0.4, -0.2) is 11.1 Å². The van der Waals surface area contributed by atoms with Gasteiger partial charge in [0, 0.05) is 6.08 Å². The van der Waals surface area contributed by atoms with E-state index < -0.39 is 5.97 Å². The Morgan fingerprint density at radius 3 is 1.92 bits per heavy atom. The molecule has 0 amide bonds. The topological polar surface area (TPSA) is 37.3 Å². The van der Waals surface area contributed by atoms with E-state index in [9.17, 15) is 4.79 Å². The maximum atomic E-state index is 10.2. The van der Waals surface area contributed by atoms with Crippen LogP contribution in [-0.2, 0) is 4.79 Å². The molecule has 24 heavy (non-hydrogen) atoms. The molecule has 0 aromatic rings. The lowest BCUT2D eigenvalue weighted by Crippen LogP contribution is -2.18. The molecule has 0 spiro atoms. The molecule has 0 bridgehead atoms. The zero-order valence-corrected chi connectivity index (χ0v) is 14.9. The molecular weight excluding hydrogens is 296 g/mol. The first-order valence-corrected chi connectivity index (χ1v) is 8.38. The van der Waals surface area contributed by atoms with E-state index in [2.05, 4.69) is 32.9 Å². The average molecular weight is 324 g/mol. The van der Waals surface area contributed by atoms with E-state index in [0.717, 1.165) is 6.08 Å². The number of allylic oxidation sites excluding steroid dienone is 13. The van der Waals surface area contributed by atoms with Crippen LogP contribution in [0, 0.1) is 5.41 Å². The summed E-state index contributed by atoms with van der Waals surface area (Å²) in [6, 6.07) is 0. The lowest BCUT2D eigenvalue weighted by molar-refractivity contribution is -0.131. The van der Waals surface area contributed by atoms with Crippen molar-refractivity contribution in [3.63, 3.8) is 0 Å². The summed E-state index contributed by atoms with van der Waals surface area (Å²) in [6.07, 6.45) is 25.9. The molecule has 2 heteroatoms. The lowest BCUT2D eigenvalue weighted by Gasteiger charge is -2.32. The summed E-state index contributed by atoms with van der Waals surface area (Å²) in [5.41, 5.74) is 3.27. The normalized spacial score (nSPS) is 19.3. The van der Waals surface area contributed by atoms with Crippen LogP contribution in [0.3, 0.4) is 0 Å². The van der Waals surface area contributed by atoms with Crippen LogP contribution in [0.25, 0.3) is 0 Å². The first kappa shape index (κ1) is 19.7. The minimum Gasteiger partial charge on any atom is -0.478 e. The van der Waals surface area contributed by atoms with E-state index in [1.54, 1.807) is 12.2 Å². The van der Waals surface area contributed by atoms with Gasteiger partial charge in [0.1, 0.15) is 0 Å². The van der Waals surface area contributed by atoms with Crippen LogP contribution < -0.4 is 0 Å². The molecule has 2 nitrogen and oxygen atoms in total. The molecule has 1 aliphatic carbocycles. The molecule has 0 heterocycles. The zero-order valence-electron chi connectivity index (χ0n) is 14.9. The largest absolute Gasteiger partial charge is 0.478 e. The number of carboxylic acid groups (broad SMARTS) is 1. The third-order valence-electron chi connectivity index (χ3n) is 4.04. The summed E-state index contributed by atoms with van der Waals surface area (Å²) in [5.74, 6) is -0.940. The van der Waals surface area contributed by atoms with E-state index in [4.69, 9.17) is 5.11 Å². The number of hydrogen-bond acceptors (Lipinski definition) is 1. The molecule has 0 aromatic carbocycles. The minimum absolute atomic E-state index is 0.284. The van der Waals surface area contributed by atoms with Gasteiger partial charge in [-0.1, -0.05) is 86.3 Å². The summed E-state index contributed by atoms with van der Waals surface area (Å²) in [4.78, 5) is 10.2. The highest BCUT2D eigenvalue weighted by Crippen LogP contribution is 2.40. The Balaban J connectivity index is 2.44. The van der Waals surface area contributed by atoms with E-state index in [1.165, 1.54) is 36.5 Å². The highest BCUT2D eigenvalue weighted by molar-refractivity contribution is 5.80. The van der Waals surface area contributed by atoms with Crippen LogP contribution in [0.1, 0.15) is 40.0 Å². The second kappa shape index (κ2) is 10.4. The maximum absolute atomic E-state index is 10.2. The van der Waals surface area contributed by atoms with Gasteiger partial charge in [0.25, 0.3) is 0 Å². The highest BCUT2D eigenvalue weighted by atomic mass is 16.4. The van der Waals surface area contributed by atoms with Crippen LogP contribution in [0.5, 0.6) is 0 Å². The lowest BCUT2D eigenvalue weighted by atomic mass is 9.73. The Labute approximate surface area is 146 Å². The Morgan fingerprint density at radius 1 is 0.917 bits per heavy atom. The predicted octanol–water partition coefficient (Wildman–Crippen LogP) is 5.93. The molecule has 0 aromatic heterocycles. The van der Waals surface area contributed by atoms with Crippen molar-refractivity contribution in [1.29, 1.82) is 0 Å². The molecule has 1 aliphatic rings. The van der Waals surface area contributed by atoms with Crippen molar-refractivity contribution in [3.05, 3.63) is 84.1 Å². The first-order chi connectivity index (χ1) is 11.4. The van der Waals surface area contributed by atoms with Crippen LogP contribution >= 0.6 is 0 Å². The molecule has 0 atom stereocenters. The highest BCUT2D eigenvalue weighted by Gasteiger charge is 2.26. The summed E-state index contributed by atoms with van der Waals surface area (Å²) in [5, 5.41) is 8.42. The molecular formula is C22H28O2. The van der Waals surface area contributed by atoms with Gasteiger partial charge in [0.05, 0.1) is 0 Å². The van der Waals surface area contributed by atoms with Crippen LogP contribution in [0.4, 0.5) is 0 Å². The minimum atomic E-state index is -0.940. The van der Waals surface area contributed by atoms with Gasteiger partial charge in [0.15, 0.2) is 0 Å². The van der Waals surface area contributed by atoms with Crippen molar-refractivity contribution < 1.29 is 9.90 Å². The molecule has 0 fully saturated rings. The van der Waals surface area contributed by atoms with Crippen molar-refractivity contribution >= 4 is 5.97 Å². The third kappa shape index (κ3) is 7.77. The fourth-order valence-electron chi connectivity index (χ4n) is 2.81. The number of rotatable bonds is 7. The Bertz CT molecular complexity index is 620. The van der Waals surface area contributed by atoms with Crippen LogP contribution in [0.15, 0.2) is 84.1 Å². The fourth-order valence-corrected chi connectivity index (χ4v) is 2.81. The zero-order chi connectivity index (χ0) is 17.8. The van der Waals surface area contributed by atoms with Gasteiger partial charge in [-0.05, 0) is 37.2 Å². The van der Waals surface area contributed by atoms with Crippen molar-refractivity contribution in [2.75, 3.05) is 0 Å². The van der Waals surface area contributed by atoms with Gasteiger partial charge in [-0.15, -0.1) is 0 Å². The van der Waals surface area contributed by atoms with Gasteiger partial charge in [0.2, 0.25) is 0 Å². The van der Waals surface area contributed by atoms with E-state index >= 15 is 0 Å². The molecule has 0 unspecified atom stereocenters. The molecule has 0 aliphatic heterocycles. The maximum Gasteiger partial charge on any atom is 0.328 e. The Morgan fingerprint density at radius 2 is 1.42 bits per heavy atom. The summed E-state index contributed by atoms with van der Waals surface area (Å²) >= 11 is 0. The Kier molecular flexibility index (Phi) is 8.56. The van der Waals surface area contributed by atoms with Gasteiger partial charge in [-0.25, -0.2) is 4.79 Å². The Hall–Kier alpha value is -2.35. The SMILES string of the molecule is CC1=C(C=CC=CC=CC=CC=CC=CC(=O)O)C(C)(C)CCC1. The van der Waals surface area contributed by atoms with Gasteiger partial charge in [-0.3, -0.25) is 0 Å². The van der Waals surface area contributed by atoms with Gasteiger partial charge >= 0.3 is 5.97 Å². The van der Waals surface area contributed by atoms with Gasteiger partial charge < -0.3 is 5.11 Å². The third-order valence-corrected chi connectivity index (χ3v) is 4.04. The average Bonchev–Trinajstić information content (AvgIpc) is 2.50. The standard InChI is InChI=1S/C22H28O2/c1-19-15-14-18-22(2,3)20(19)16-12-10-8-6-4-5-7-9-11-13-17-21(23)24/h4-13,16-17H,14-15,18H2,1-3H3,(H,23,24). The second-order valence-corrected chi connectivity index (χ2v) is 6.53. The number of aliphatic carboxylic acids is 1. The van der Waals surface area contributed by atoms with Crippen molar-refractivity contribution in [1.82, 2.24) is 0 Å². The summed E-state index contributed by atoms with van der Waals surface area (Å²) < 4.78 is 0. The second-order valence-electron chi connectivity index (χ2n) is 6.53. The van der Waals surface area contributed by atoms with Crippen molar-refractivity contribution in [2.45, 2.75) is 40.0 Å². The molecule has 0 saturated carbocycles. The molecule has 0 saturated heterocycles. The fraction of sp³-hybridized carbons (Fsp3) is 0.318. The van der Waals surface area contributed by atoms with Gasteiger partial charge in [-0.2, -0.15) is 0 Å². The molecule has 128 valence electrons. The molecule has 1 rings (SSSR count). The van der Waals surface area contributed by atoms with Crippen LogP contribution in [0.2, 0.25) is 0 Å². The van der Waals surface area contributed by atoms with E-state index in [-0.39, 0.29) is 5.41 Å². The van der Waals surface area contributed by atoms with Crippen molar-refractivity contribution in [2.24, 2.45) is 5.41 Å². The monoisotopic (exact) mass is 324 g/mol. The molecule has 0 radical (unpaired) electrons. The predicted molar refractivity (Wildman–Crippen MR) is 103 cm³/mol. The van der Waals surface area contributed by atoms with Crippen molar-refractivity contribution in [3.8, 4) is 0 Å². The summed E-state index contributed by atoms with van der Waals surface area (Å²) in [6.45, 7) is 6.89. The first-order valence-electron chi connectivity index (χ1n) is 8.38. The van der Waals surface area contributed by atoms with E-state index in [1.807, 2.05) is 36.5 Å². The number of carboxylic acids is 1. The molecule has 1 N–H and O–H groups in total. The van der Waals surface area contributed by atoms with E-state index in [0.29, 0.717) is 0 Å². The number of carbonyl (C=O) groups is 1.